The standard InChI is InChI=1S/C16H37N5/c1-6-13-19-16(18-7-2,20-14(3)4)21(17-5)15-11-9-8-10-12-15/h14-15,17-20H,6-13H2,1-5H3. The van der Waals surface area contributed by atoms with Crippen molar-refractivity contribution in [3.8, 4) is 0 Å². The summed E-state index contributed by atoms with van der Waals surface area (Å²) in [4.78, 5) is 0. The lowest BCUT2D eigenvalue weighted by Crippen LogP contribution is -2.80. The Labute approximate surface area is 131 Å². The van der Waals surface area contributed by atoms with Gasteiger partial charge >= 0.3 is 0 Å². The van der Waals surface area contributed by atoms with Gasteiger partial charge in [-0.2, -0.15) is 5.01 Å². The molecule has 1 unspecified atom stereocenters. The highest BCUT2D eigenvalue weighted by Crippen LogP contribution is 2.24. The van der Waals surface area contributed by atoms with Crippen molar-refractivity contribution in [3.05, 3.63) is 0 Å². The summed E-state index contributed by atoms with van der Waals surface area (Å²) in [6, 6.07) is 0.964. The third-order valence-corrected chi connectivity index (χ3v) is 4.10. The minimum atomic E-state index is -0.379. The Bertz CT molecular complexity index is 265. The van der Waals surface area contributed by atoms with Gasteiger partial charge < -0.3 is 0 Å². The number of nitrogens with zero attached hydrogens (tertiary/aromatic N) is 1. The lowest BCUT2D eigenvalue weighted by molar-refractivity contribution is -0.0845. The van der Waals surface area contributed by atoms with Crippen LogP contribution < -0.4 is 21.4 Å². The van der Waals surface area contributed by atoms with Gasteiger partial charge in [0.25, 0.3) is 0 Å². The first-order chi connectivity index (χ1) is 10.1. The van der Waals surface area contributed by atoms with Crippen molar-refractivity contribution in [1.82, 2.24) is 26.4 Å². The van der Waals surface area contributed by atoms with Crippen LogP contribution in [-0.4, -0.2) is 43.1 Å². The van der Waals surface area contributed by atoms with E-state index in [1.54, 1.807) is 0 Å². The lowest BCUT2D eigenvalue weighted by Gasteiger charge is -2.50. The van der Waals surface area contributed by atoms with E-state index in [1.165, 1.54) is 32.1 Å². The Kier molecular flexibility index (Phi) is 8.74. The monoisotopic (exact) mass is 299 g/mol. The van der Waals surface area contributed by atoms with Crippen molar-refractivity contribution in [1.29, 1.82) is 0 Å². The first-order valence-corrected chi connectivity index (χ1v) is 8.84. The van der Waals surface area contributed by atoms with Gasteiger partial charge in [-0.05, 0) is 53.2 Å². The van der Waals surface area contributed by atoms with E-state index >= 15 is 0 Å². The van der Waals surface area contributed by atoms with E-state index in [9.17, 15) is 0 Å². The van der Waals surface area contributed by atoms with E-state index in [0.29, 0.717) is 12.1 Å². The molecule has 126 valence electrons. The smallest absolute Gasteiger partial charge is 0.197 e. The number of hydrogen-bond donors (Lipinski definition) is 4. The van der Waals surface area contributed by atoms with Gasteiger partial charge in [0.1, 0.15) is 0 Å². The van der Waals surface area contributed by atoms with Crippen LogP contribution in [0.1, 0.15) is 66.2 Å². The van der Waals surface area contributed by atoms with Crippen LogP contribution in [-0.2, 0) is 0 Å². The van der Waals surface area contributed by atoms with Crippen molar-refractivity contribution in [2.24, 2.45) is 0 Å². The van der Waals surface area contributed by atoms with Crippen LogP contribution in [0.15, 0.2) is 0 Å². The molecule has 1 saturated carbocycles. The lowest BCUT2D eigenvalue weighted by atomic mass is 9.94. The van der Waals surface area contributed by atoms with E-state index < -0.39 is 0 Å². The largest absolute Gasteiger partial charge is 0.273 e. The molecule has 0 bridgehead atoms. The molecule has 4 N–H and O–H groups in total. The Morgan fingerprint density at radius 2 is 1.76 bits per heavy atom. The fraction of sp³-hybridized carbons (Fsp3) is 1.00. The normalized spacial score (nSPS) is 20.1. The molecule has 1 atom stereocenters. The first kappa shape index (κ1) is 18.8. The summed E-state index contributed by atoms with van der Waals surface area (Å²) in [5.74, 6) is -0.379. The van der Waals surface area contributed by atoms with Gasteiger partial charge in [-0.3, -0.25) is 21.4 Å². The molecule has 5 nitrogen and oxygen atoms in total. The van der Waals surface area contributed by atoms with Crippen LogP contribution >= 0.6 is 0 Å². The van der Waals surface area contributed by atoms with E-state index in [-0.39, 0.29) is 5.91 Å². The minimum Gasteiger partial charge on any atom is -0.273 e. The molecule has 1 rings (SSSR count). The summed E-state index contributed by atoms with van der Waals surface area (Å²) >= 11 is 0. The Hall–Kier alpha value is -0.200. The number of rotatable bonds is 10. The Morgan fingerprint density at radius 1 is 1.10 bits per heavy atom. The second-order valence-electron chi connectivity index (χ2n) is 6.35. The second kappa shape index (κ2) is 9.74. The van der Waals surface area contributed by atoms with Crippen LogP contribution in [0.2, 0.25) is 0 Å². The maximum absolute atomic E-state index is 3.72. The van der Waals surface area contributed by atoms with Gasteiger partial charge in [0.15, 0.2) is 5.91 Å². The Balaban J connectivity index is 2.95. The first-order valence-electron chi connectivity index (χ1n) is 8.84. The van der Waals surface area contributed by atoms with Gasteiger partial charge in [-0.25, -0.2) is 0 Å². The second-order valence-corrected chi connectivity index (χ2v) is 6.35. The molecule has 0 aromatic rings. The van der Waals surface area contributed by atoms with E-state index in [4.69, 9.17) is 0 Å². The zero-order valence-electron chi connectivity index (χ0n) is 14.8. The van der Waals surface area contributed by atoms with Gasteiger partial charge in [-0.15, -0.1) is 0 Å². The maximum Gasteiger partial charge on any atom is 0.197 e. The van der Waals surface area contributed by atoms with Crippen LogP contribution in [0.5, 0.6) is 0 Å². The van der Waals surface area contributed by atoms with Crippen LogP contribution in [0.25, 0.3) is 0 Å². The van der Waals surface area contributed by atoms with Crippen molar-refractivity contribution < 1.29 is 0 Å². The van der Waals surface area contributed by atoms with Crippen molar-refractivity contribution in [3.63, 3.8) is 0 Å². The fourth-order valence-electron chi connectivity index (χ4n) is 3.35. The van der Waals surface area contributed by atoms with Gasteiger partial charge in [-0.1, -0.05) is 33.1 Å². The summed E-state index contributed by atoms with van der Waals surface area (Å²) in [6.07, 6.45) is 7.70. The molecule has 1 aliphatic carbocycles. The predicted octanol–water partition coefficient (Wildman–Crippen LogP) is 1.97. The van der Waals surface area contributed by atoms with E-state index in [1.807, 2.05) is 7.05 Å². The van der Waals surface area contributed by atoms with Crippen LogP contribution in [0.4, 0.5) is 0 Å². The molecule has 0 aromatic heterocycles. The summed E-state index contributed by atoms with van der Waals surface area (Å²) in [7, 11) is 2.04. The highest BCUT2D eigenvalue weighted by atomic mass is 15.7. The summed E-state index contributed by atoms with van der Waals surface area (Å²) in [5, 5.41) is 13.5. The highest BCUT2D eigenvalue weighted by molar-refractivity contribution is 4.88. The van der Waals surface area contributed by atoms with Crippen LogP contribution in [0, 0.1) is 0 Å². The Morgan fingerprint density at radius 3 is 2.24 bits per heavy atom. The maximum atomic E-state index is 3.72. The van der Waals surface area contributed by atoms with Gasteiger partial charge in [0.05, 0.1) is 0 Å². The molecule has 0 aromatic carbocycles. The van der Waals surface area contributed by atoms with Gasteiger partial charge in [0, 0.05) is 12.1 Å². The molecule has 0 amide bonds. The molecule has 0 aliphatic heterocycles. The third kappa shape index (κ3) is 5.49. The number of hydrazine groups is 1. The van der Waals surface area contributed by atoms with Crippen LogP contribution in [0.3, 0.4) is 0 Å². The zero-order chi connectivity index (χ0) is 15.7. The van der Waals surface area contributed by atoms with E-state index in [0.717, 1.165) is 19.5 Å². The van der Waals surface area contributed by atoms with Crippen molar-refractivity contribution >= 4 is 0 Å². The van der Waals surface area contributed by atoms with Crippen molar-refractivity contribution in [2.45, 2.75) is 84.2 Å². The highest BCUT2D eigenvalue weighted by Gasteiger charge is 2.39. The molecule has 5 heteroatoms. The van der Waals surface area contributed by atoms with E-state index in [2.05, 4.69) is 54.1 Å². The van der Waals surface area contributed by atoms with Crippen molar-refractivity contribution in [2.75, 3.05) is 20.1 Å². The topological polar surface area (TPSA) is 51.4 Å². The molecule has 1 aliphatic rings. The van der Waals surface area contributed by atoms with Gasteiger partial charge in [0.2, 0.25) is 0 Å². The quantitative estimate of drug-likeness (QED) is 0.367. The fourth-order valence-corrected chi connectivity index (χ4v) is 3.35. The molecule has 0 radical (unpaired) electrons. The SMILES string of the molecule is CCCNC(NCC)(NC(C)C)N(NC)C1CCCCC1. The average molecular weight is 300 g/mol. The number of nitrogens with one attached hydrogen (secondary N) is 4. The molecular formula is C16H37N5. The molecule has 21 heavy (non-hydrogen) atoms. The molecule has 0 saturated heterocycles. The zero-order valence-corrected chi connectivity index (χ0v) is 14.8. The summed E-state index contributed by atoms with van der Waals surface area (Å²) < 4.78 is 0. The number of hydrogen-bond acceptors (Lipinski definition) is 5. The molecule has 0 spiro atoms. The summed E-state index contributed by atoms with van der Waals surface area (Å²) in [6.45, 7) is 10.7. The molecular weight excluding hydrogens is 262 g/mol. The average Bonchev–Trinajstić information content (AvgIpc) is 2.46. The molecule has 1 fully saturated rings. The summed E-state index contributed by atoms with van der Waals surface area (Å²) in [5.41, 5.74) is 3.46. The predicted molar refractivity (Wildman–Crippen MR) is 90.7 cm³/mol. The minimum absolute atomic E-state index is 0.379. The molecule has 0 heterocycles. The third-order valence-electron chi connectivity index (χ3n) is 4.10.